The van der Waals surface area contributed by atoms with Crippen molar-refractivity contribution in [1.29, 1.82) is 0 Å². The second kappa shape index (κ2) is 5.44. The van der Waals surface area contributed by atoms with E-state index in [1.54, 1.807) is 12.1 Å². The van der Waals surface area contributed by atoms with E-state index in [2.05, 4.69) is 20.7 Å². The van der Waals surface area contributed by atoms with Crippen LogP contribution < -0.4 is 5.32 Å². The van der Waals surface area contributed by atoms with E-state index < -0.39 is 0 Å². The van der Waals surface area contributed by atoms with E-state index in [0.29, 0.717) is 6.04 Å². The van der Waals surface area contributed by atoms with Crippen molar-refractivity contribution in [2.45, 2.75) is 31.7 Å². The van der Waals surface area contributed by atoms with Crippen LogP contribution in [0.2, 0.25) is 0 Å². The first kappa shape index (κ1) is 12.2. The number of hydrogen-bond acceptors (Lipinski definition) is 4. The first-order valence-electron chi connectivity index (χ1n) is 6.59. The predicted octanol–water partition coefficient (Wildman–Crippen LogP) is 1.49. The van der Waals surface area contributed by atoms with Gasteiger partial charge in [0.15, 0.2) is 5.82 Å². The number of nitrogens with zero attached hydrogens (tertiary/aromatic N) is 4. The molecule has 3 rings (SSSR count). The van der Waals surface area contributed by atoms with Gasteiger partial charge in [-0.2, -0.15) is 0 Å². The zero-order valence-electron chi connectivity index (χ0n) is 10.6. The lowest BCUT2D eigenvalue weighted by Crippen LogP contribution is -2.35. The Morgan fingerprint density at radius 1 is 1.26 bits per heavy atom. The molecule has 0 bridgehead atoms. The Hall–Kier alpha value is -1.82. The molecule has 1 unspecified atom stereocenters. The zero-order valence-corrected chi connectivity index (χ0v) is 10.6. The summed E-state index contributed by atoms with van der Waals surface area (Å²) in [6, 6.07) is 6.50. The Morgan fingerprint density at radius 3 is 2.84 bits per heavy atom. The Bertz CT molecular complexity index is 530. The van der Waals surface area contributed by atoms with Crippen molar-refractivity contribution < 1.29 is 4.39 Å². The average molecular weight is 261 g/mol. The maximum atomic E-state index is 12.8. The van der Waals surface area contributed by atoms with Crippen LogP contribution in [0.3, 0.4) is 0 Å². The molecule has 1 N–H and O–H groups in total. The number of benzene rings is 1. The lowest BCUT2D eigenvalue weighted by atomic mass is 10.0. The van der Waals surface area contributed by atoms with E-state index in [9.17, 15) is 4.39 Å². The quantitative estimate of drug-likeness (QED) is 0.909. The van der Waals surface area contributed by atoms with Crippen molar-refractivity contribution in [1.82, 2.24) is 25.5 Å². The number of hydrogen-bond donors (Lipinski definition) is 1. The van der Waals surface area contributed by atoms with Crippen LogP contribution in [0.5, 0.6) is 0 Å². The fourth-order valence-corrected chi connectivity index (χ4v) is 2.33. The highest BCUT2D eigenvalue weighted by molar-refractivity contribution is 5.28. The molecule has 0 amide bonds. The van der Waals surface area contributed by atoms with Crippen molar-refractivity contribution in [3.8, 4) is 5.69 Å². The van der Waals surface area contributed by atoms with E-state index in [4.69, 9.17) is 0 Å². The second-order valence-corrected chi connectivity index (χ2v) is 4.82. The third-order valence-corrected chi connectivity index (χ3v) is 3.35. The molecule has 0 aliphatic carbocycles. The highest BCUT2D eigenvalue weighted by Gasteiger charge is 2.16. The minimum absolute atomic E-state index is 0.268. The monoisotopic (exact) mass is 261 g/mol. The Morgan fingerprint density at radius 2 is 2.11 bits per heavy atom. The van der Waals surface area contributed by atoms with Gasteiger partial charge in [0.2, 0.25) is 0 Å². The minimum atomic E-state index is -0.268. The topological polar surface area (TPSA) is 55.6 Å². The number of tetrazole rings is 1. The van der Waals surface area contributed by atoms with E-state index in [-0.39, 0.29) is 5.82 Å². The number of rotatable bonds is 3. The number of aromatic nitrogens is 4. The van der Waals surface area contributed by atoms with Crippen LogP contribution in [0, 0.1) is 5.82 Å². The Kier molecular flexibility index (Phi) is 3.50. The van der Waals surface area contributed by atoms with Gasteiger partial charge in [-0.15, -0.1) is 15.0 Å². The second-order valence-electron chi connectivity index (χ2n) is 4.82. The molecule has 1 aliphatic heterocycles. The normalized spacial score (nSPS) is 19.5. The van der Waals surface area contributed by atoms with Crippen molar-refractivity contribution in [3.63, 3.8) is 0 Å². The first-order valence-corrected chi connectivity index (χ1v) is 6.59. The average Bonchev–Trinajstić information content (AvgIpc) is 2.89. The first-order chi connectivity index (χ1) is 9.31. The van der Waals surface area contributed by atoms with E-state index >= 15 is 0 Å². The largest absolute Gasteiger partial charge is 0.314 e. The zero-order chi connectivity index (χ0) is 13.1. The molecule has 1 fully saturated rings. The lowest BCUT2D eigenvalue weighted by molar-refractivity contribution is 0.394. The number of halogens is 1. The smallest absolute Gasteiger partial charge is 0.176 e. The van der Waals surface area contributed by atoms with Gasteiger partial charge in [0.25, 0.3) is 0 Å². The van der Waals surface area contributed by atoms with Crippen LogP contribution in [-0.4, -0.2) is 32.8 Å². The molecule has 19 heavy (non-hydrogen) atoms. The lowest BCUT2D eigenvalue weighted by Gasteiger charge is -2.21. The van der Waals surface area contributed by atoms with Crippen molar-refractivity contribution >= 4 is 0 Å². The molecule has 0 spiro atoms. The van der Waals surface area contributed by atoms with Gasteiger partial charge >= 0.3 is 0 Å². The number of nitrogens with one attached hydrogen (secondary N) is 1. The molecule has 5 nitrogen and oxygen atoms in total. The summed E-state index contributed by atoms with van der Waals surface area (Å²) in [5, 5.41) is 15.9. The summed E-state index contributed by atoms with van der Waals surface area (Å²) < 4.78 is 12.8. The fraction of sp³-hybridized carbons (Fsp3) is 0.462. The SMILES string of the molecule is Fc1ccc(-n2nnc(CC3CCCCN3)n2)cc1. The molecule has 6 heteroatoms. The van der Waals surface area contributed by atoms with E-state index in [1.165, 1.54) is 29.8 Å². The van der Waals surface area contributed by atoms with Crippen molar-refractivity contribution in [2.24, 2.45) is 0 Å². The summed E-state index contributed by atoms with van der Waals surface area (Å²) in [5.74, 6) is 0.458. The Balaban J connectivity index is 1.70. The third kappa shape index (κ3) is 2.96. The minimum Gasteiger partial charge on any atom is -0.314 e. The molecule has 2 heterocycles. The molecule has 100 valence electrons. The van der Waals surface area contributed by atoms with Gasteiger partial charge in [-0.05, 0) is 48.9 Å². The highest BCUT2D eigenvalue weighted by Crippen LogP contribution is 2.11. The fourth-order valence-electron chi connectivity index (χ4n) is 2.33. The molecule has 1 saturated heterocycles. The van der Waals surface area contributed by atoms with Gasteiger partial charge in [0.1, 0.15) is 5.82 Å². The molecule has 0 radical (unpaired) electrons. The van der Waals surface area contributed by atoms with E-state index in [0.717, 1.165) is 30.9 Å². The summed E-state index contributed by atoms with van der Waals surface area (Å²) in [6.45, 7) is 1.07. The van der Waals surface area contributed by atoms with Gasteiger partial charge < -0.3 is 5.32 Å². The van der Waals surface area contributed by atoms with Gasteiger partial charge in [-0.25, -0.2) is 4.39 Å². The molecule has 1 aromatic carbocycles. The van der Waals surface area contributed by atoms with Gasteiger partial charge in [0.05, 0.1) is 5.69 Å². The van der Waals surface area contributed by atoms with Crippen molar-refractivity contribution in [2.75, 3.05) is 6.54 Å². The molecule has 1 aromatic heterocycles. The van der Waals surface area contributed by atoms with Crippen LogP contribution in [0.4, 0.5) is 4.39 Å². The molecule has 2 aromatic rings. The highest BCUT2D eigenvalue weighted by atomic mass is 19.1. The van der Waals surface area contributed by atoms with Crippen LogP contribution in [0.15, 0.2) is 24.3 Å². The van der Waals surface area contributed by atoms with Crippen LogP contribution in [-0.2, 0) is 6.42 Å². The number of piperidine rings is 1. The predicted molar refractivity (Wildman–Crippen MR) is 68.5 cm³/mol. The summed E-state index contributed by atoms with van der Waals surface area (Å²) in [5.41, 5.74) is 0.719. The Labute approximate surface area is 110 Å². The van der Waals surface area contributed by atoms with Crippen LogP contribution in [0.25, 0.3) is 5.69 Å². The van der Waals surface area contributed by atoms with Gasteiger partial charge in [-0.3, -0.25) is 0 Å². The van der Waals surface area contributed by atoms with Crippen molar-refractivity contribution in [3.05, 3.63) is 35.9 Å². The maximum Gasteiger partial charge on any atom is 0.176 e. The summed E-state index contributed by atoms with van der Waals surface area (Å²) in [4.78, 5) is 1.44. The van der Waals surface area contributed by atoms with E-state index in [1.807, 2.05) is 0 Å². The molecular formula is C13H16FN5. The van der Waals surface area contributed by atoms with Gasteiger partial charge in [0, 0.05) is 12.5 Å². The van der Waals surface area contributed by atoms with Crippen LogP contribution >= 0.6 is 0 Å². The summed E-state index contributed by atoms with van der Waals surface area (Å²) in [6.07, 6.45) is 4.45. The standard InChI is InChI=1S/C13H16FN5/c14-10-4-6-12(7-5-10)19-17-13(16-18-19)9-11-3-1-2-8-15-11/h4-7,11,15H,1-3,8-9H2. The van der Waals surface area contributed by atoms with Crippen LogP contribution in [0.1, 0.15) is 25.1 Å². The summed E-state index contributed by atoms with van der Waals surface area (Å²) >= 11 is 0. The maximum absolute atomic E-state index is 12.8. The molecular weight excluding hydrogens is 245 g/mol. The third-order valence-electron chi connectivity index (χ3n) is 3.35. The molecule has 1 atom stereocenters. The molecule has 0 saturated carbocycles. The molecule has 1 aliphatic rings. The van der Waals surface area contributed by atoms with Gasteiger partial charge in [-0.1, -0.05) is 6.42 Å². The summed E-state index contributed by atoms with van der Waals surface area (Å²) in [7, 11) is 0.